The Hall–Kier alpha value is -3.92. The number of pyridine rings is 2. The maximum atomic E-state index is 12.9. The molecule has 10 heteroatoms. The fourth-order valence-corrected chi connectivity index (χ4v) is 4.87. The van der Waals surface area contributed by atoms with Gasteiger partial charge in [0.05, 0.1) is 4.90 Å². The van der Waals surface area contributed by atoms with E-state index in [1.807, 2.05) is 12.1 Å². The Kier molecular flexibility index (Phi) is 4.59. The third kappa shape index (κ3) is 3.75. The Morgan fingerprint density at radius 3 is 2.56 bits per heavy atom. The van der Waals surface area contributed by atoms with Crippen molar-refractivity contribution in [3.05, 3.63) is 72.8 Å². The number of benzene rings is 1. The quantitative estimate of drug-likeness (QED) is 0.457. The minimum Gasteiger partial charge on any atom is -0.309 e. The van der Waals surface area contributed by atoms with Crippen molar-refractivity contribution < 1.29 is 13.2 Å². The molecule has 4 aromatic rings. The molecular formula is C24H20N6O3S. The summed E-state index contributed by atoms with van der Waals surface area (Å²) in [7, 11) is -3.28. The van der Waals surface area contributed by atoms with Crippen molar-refractivity contribution in [2.24, 2.45) is 11.8 Å². The highest BCUT2D eigenvalue weighted by Crippen LogP contribution is 2.71. The smallest absolute Gasteiger partial charge is 0.275 e. The molecule has 3 heterocycles. The molecule has 3 aromatic heterocycles. The molecule has 2 saturated carbocycles. The van der Waals surface area contributed by atoms with Gasteiger partial charge in [0.15, 0.2) is 15.7 Å². The summed E-state index contributed by atoms with van der Waals surface area (Å²) >= 11 is 0. The van der Waals surface area contributed by atoms with Gasteiger partial charge in [-0.25, -0.2) is 13.4 Å². The third-order valence-corrected chi connectivity index (χ3v) is 7.48. The molecule has 34 heavy (non-hydrogen) atoms. The van der Waals surface area contributed by atoms with Crippen LogP contribution in [0, 0.1) is 11.8 Å². The predicted octanol–water partition coefficient (Wildman–Crippen LogP) is 3.25. The zero-order valence-corrected chi connectivity index (χ0v) is 19.0. The molecule has 2 aliphatic rings. The first kappa shape index (κ1) is 20.7. The fourth-order valence-electron chi connectivity index (χ4n) is 4.24. The van der Waals surface area contributed by atoms with Gasteiger partial charge in [-0.15, -0.1) is 10.2 Å². The number of nitrogens with one attached hydrogen (secondary N) is 1. The number of carbonyl (C=O) groups excluding carboxylic acids is 1. The van der Waals surface area contributed by atoms with Crippen molar-refractivity contribution in [1.82, 2.24) is 24.7 Å². The largest absolute Gasteiger partial charge is 0.309 e. The van der Waals surface area contributed by atoms with E-state index in [4.69, 9.17) is 0 Å². The number of nitrogens with zero attached hydrogens (tertiary/aromatic N) is 5. The van der Waals surface area contributed by atoms with E-state index in [1.165, 1.54) is 6.42 Å². The van der Waals surface area contributed by atoms with E-state index in [2.05, 4.69) is 30.0 Å². The maximum Gasteiger partial charge on any atom is 0.275 e. The molecule has 0 spiro atoms. The molecule has 0 saturated heterocycles. The van der Waals surface area contributed by atoms with Gasteiger partial charge in [-0.2, -0.15) is 0 Å². The molecule has 0 bridgehead atoms. The average Bonchev–Trinajstić information content (AvgIpc) is 3.71. The Bertz CT molecular complexity index is 1520. The van der Waals surface area contributed by atoms with Gasteiger partial charge < -0.3 is 9.88 Å². The van der Waals surface area contributed by atoms with Crippen molar-refractivity contribution >= 4 is 21.6 Å². The highest BCUT2D eigenvalue weighted by Gasteiger charge is 2.65. The molecular weight excluding hydrogens is 452 g/mol. The van der Waals surface area contributed by atoms with Crippen molar-refractivity contribution in [2.75, 3.05) is 11.6 Å². The predicted molar refractivity (Wildman–Crippen MR) is 125 cm³/mol. The van der Waals surface area contributed by atoms with Crippen LogP contribution in [0.15, 0.2) is 72.0 Å². The van der Waals surface area contributed by atoms with E-state index < -0.39 is 15.7 Å². The van der Waals surface area contributed by atoms with Gasteiger partial charge in [-0.05, 0) is 65.8 Å². The number of amides is 1. The van der Waals surface area contributed by atoms with E-state index in [-0.39, 0.29) is 10.6 Å². The lowest BCUT2D eigenvalue weighted by atomic mass is 10.1. The molecule has 1 amide bonds. The highest BCUT2D eigenvalue weighted by molar-refractivity contribution is 7.90. The van der Waals surface area contributed by atoms with Crippen LogP contribution in [0.4, 0.5) is 5.82 Å². The van der Waals surface area contributed by atoms with Gasteiger partial charge in [0.1, 0.15) is 23.5 Å². The van der Waals surface area contributed by atoms with E-state index >= 15 is 0 Å². The van der Waals surface area contributed by atoms with Crippen molar-refractivity contribution in [3.8, 4) is 22.6 Å². The molecule has 1 aromatic carbocycles. The second kappa shape index (κ2) is 7.56. The zero-order chi connectivity index (χ0) is 23.4. The molecule has 2 unspecified atom stereocenters. The molecule has 2 aliphatic carbocycles. The summed E-state index contributed by atoms with van der Waals surface area (Å²) in [5.41, 5.74) is 2.40. The summed E-state index contributed by atoms with van der Waals surface area (Å²) in [6.45, 7) is 0. The first-order chi connectivity index (χ1) is 16.4. The average molecular weight is 473 g/mol. The van der Waals surface area contributed by atoms with E-state index in [0.717, 1.165) is 29.2 Å². The molecule has 2 atom stereocenters. The summed E-state index contributed by atoms with van der Waals surface area (Å²) in [6.07, 6.45) is 5.73. The van der Waals surface area contributed by atoms with Gasteiger partial charge in [-0.3, -0.25) is 9.78 Å². The topological polar surface area (TPSA) is 120 Å². The fraction of sp³-hybridized carbons (Fsp3) is 0.208. The summed E-state index contributed by atoms with van der Waals surface area (Å²) < 4.78 is 25.5. The minimum absolute atomic E-state index is 0.220. The van der Waals surface area contributed by atoms with Crippen LogP contribution in [-0.2, 0) is 9.84 Å². The second-order valence-electron chi connectivity index (χ2n) is 8.70. The Morgan fingerprint density at radius 1 is 1.06 bits per heavy atom. The minimum atomic E-state index is -3.28. The lowest BCUT2D eigenvalue weighted by Crippen LogP contribution is -2.15. The molecule has 9 nitrogen and oxygen atoms in total. The van der Waals surface area contributed by atoms with Crippen molar-refractivity contribution in [2.45, 2.75) is 17.4 Å². The molecule has 0 aliphatic heterocycles. The first-order valence-corrected chi connectivity index (χ1v) is 12.7. The number of aromatic nitrogens is 5. The first-order valence-electron chi connectivity index (χ1n) is 10.8. The Labute approximate surface area is 195 Å². The van der Waals surface area contributed by atoms with Gasteiger partial charge in [0.2, 0.25) is 0 Å². The number of hydrogen-bond donors (Lipinski definition) is 1. The van der Waals surface area contributed by atoms with Crippen LogP contribution in [0.2, 0.25) is 0 Å². The van der Waals surface area contributed by atoms with Gasteiger partial charge in [0, 0.05) is 18.5 Å². The molecule has 0 radical (unpaired) electrons. The molecule has 2 fully saturated rings. The zero-order valence-electron chi connectivity index (χ0n) is 18.2. The van der Waals surface area contributed by atoms with E-state index in [0.29, 0.717) is 23.4 Å². The van der Waals surface area contributed by atoms with Gasteiger partial charge >= 0.3 is 0 Å². The molecule has 6 rings (SSSR count). The Balaban J connectivity index is 1.21. The van der Waals surface area contributed by atoms with Crippen LogP contribution in [-0.4, -0.2) is 45.3 Å². The summed E-state index contributed by atoms with van der Waals surface area (Å²) in [5, 5.41) is 11.1. The second-order valence-corrected chi connectivity index (χ2v) is 10.7. The number of anilines is 1. The highest BCUT2D eigenvalue weighted by atomic mass is 32.2. The summed E-state index contributed by atoms with van der Waals surface area (Å²) in [6, 6.07) is 15.8. The van der Waals surface area contributed by atoms with Crippen molar-refractivity contribution in [3.63, 3.8) is 0 Å². The van der Waals surface area contributed by atoms with Gasteiger partial charge in [-0.1, -0.05) is 18.2 Å². The number of hydrogen-bond acceptors (Lipinski definition) is 7. The SMILES string of the molecule is CS(=O)(=O)c1ccc(-c2ccnc(C(=O)Nc3cccc(-c4nncn4C4C5CC54)n3)c2)cc1. The third-order valence-electron chi connectivity index (χ3n) is 6.35. The molecule has 170 valence electrons. The number of carbonyl (C=O) groups is 1. The van der Waals surface area contributed by atoms with Crippen LogP contribution in [0.5, 0.6) is 0 Å². The van der Waals surface area contributed by atoms with Crippen LogP contribution in [0.25, 0.3) is 22.6 Å². The lowest BCUT2D eigenvalue weighted by Gasteiger charge is -2.10. The number of rotatable bonds is 6. The van der Waals surface area contributed by atoms with Crippen molar-refractivity contribution in [1.29, 1.82) is 0 Å². The van der Waals surface area contributed by atoms with Crippen LogP contribution >= 0.6 is 0 Å². The van der Waals surface area contributed by atoms with Crippen LogP contribution in [0.3, 0.4) is 0 Å². The maximum absolute atomic E-state index is 12.9. The number of sulfone groups is 1. The normalized spacial score (nSPS) is 20.4. The standard InChI is InChI=1S/C24H20N6O3S/c1-34(32,33)16-7-5-14(6-8-16)15-9-10-25-20(11-15)24(31)28-21-4-2-3-19(27-21)23-29-26-13-30(23)22-17-12-18(17)22/h2-11,13,17-18,22H,12H2,1H3,(H,27,28,31). The van der Waals surface area contributed by atoms with Crippen LogP contribution < -0.4 is 5.32 Å². The van der Waals surface area contributed by atoms with Gasteiger partial charge in [0.25, 0.3) is 5.91 Å². The number of fused-ring (bicyclic) bond motifs is 1. The summed E-state index contributed by atoms with van der Waals surface area (Å²) in [4.78, 5) is 21.9. The summed E-state index contributed by atoms with van der Waals surface area (Å²) in [5.74, 6) is 2.19. The Morgan fingerprint density at radius 2 is 1.85 bits per heavy atom. The van der Waals surface area contributed by atoms with E-state index in [1.54, 1.807) is 55.0 Å². The van der Waals surface area contributed by atoms with Crippen LogP contribution in [0.1, 0.15) is 23.0 Å². The monoisotopic (exact) mass is 472 g/mol. The lowest BCUT2D eigenvalue weighted by molar-refractivity contribution is 0.102. The molecule has 1 N–H and O–H groups in total. The van der Waals surface area contributed by atoms with E-state index in [9.17, 15) is 13.2 Å².